The van der Waals surface area contributed by atoms with Crippen LogP contribution < -0.4 is 5.32 Å². The molecule has 3 heterocycles. The second-order valence-corrected chi connectivity index (χ2v) is 6.25. The van der Waals surface area contributed by atoms with E-state index in [4.69, 9.17) is 4.52 Å². The number of piperidine rings is 2. The Morgan fingerprint density at radius 2 is 2.27 bits per heavy atom. The zero-order valence-corrected chi connectivity index (χ0v) is 12.9. The number of aliphatic hydroxyl groups is 1. The van der Waals surface area contributed by atoms with Gasteiger partial charge < -0.3 is 19.8 Å². The topological polar surface area (TPSA) is 95.7 Å². The van der Waals surface area contributed by atoms with Crippen LogP contribution in [-0.2, 0) is 4.79 Å². The number of carbonyl (C=O) groups is 2. The number of nitrogens with zero attached hydrogens (tertiary/aromatic N) is 2. The van der Waals surface area contributed by atoms with Crippen LogP contribution in [0.3, 0.4) is 0 Å². The molecule has 2 amide bonds. The van der Waals surface area contributed by atoms with Gasteiger partial charge in [0.2, 0.25) is 5.91 Å². The molecule has 0 radical (unpaired) electrons. The molecule has 3 rings (SSSR count). The van der Waals surface area contributed by atoms with E-state index < -0.39 is 11.5 Å². The number of aliphatic hydroxyl groups excluding tert-OH is 1. The molecule has 7 nitrogen and oxygen atoms in total. The first-order chi connectivity index (χ1) is 10.5. The first-order valence-corrected chi connectivity index (χ1v) is 7.64. The predicted octanol–water partition coefficient (Wildman–Crippen LogP) is 0.395. The van der Waals surface area contributed by atoms with Crippen molar-refractivity contribution in [3.8, 4) is 0 Å². The number of nitrogens with one attached hydrogen (secondary N) is 1. The highest BCUT2D eigenvalue weighted by molar-refractivity contribution is 5.97. The lowest BCUT2D eigenvalue weighted by molar-refractivity contribution is -0.147. The fraction of sp³-hybridized carbons (Fsp3) is 0.667. The van der Waals surface area contributed by atoms with Crippen molar-refractivity contribution in [2.45, 2.75) is 39.2 Å². The molecule has 120 valence electrons. The smallest absolute Gasteiger partial charge is 0.259 e. The zero-order chi connectivity index (χ0) is 15.9. The van der Waals surface area contributed by atoms with Crippen LogP contribution in [0.15, 0.2) is 4.52 Å². The number of rotatable bonds is 1. The lowest BCUT2D eigenvalue weighted by atomic mass is 9.71. The molecule has 22 heavy (non-hydrogen) atoms. The van der Waals surface area contributed by atoms with E-state index >= 15 is 0 Å². The fourth-order valence-electron chi connectivity index (χ4n) is 3.56. The fourth-order valence-corrected chi connectivity index (χ4v) is 3.56. The highest BCUT2D eigenvalue weighted by Crippen LogP contribution is 2.38. The second kappa shape index (κ2) is 5.39. The normalized spacial score (nSPS) is 28.8. The van der Waals surface area contributed by atoms with E-state index in [-0.39, 0.29) is 18.4 Å². The number of carbonyl (C=O) groups excluding carboxylic acids is 2. The SMILES string of the molecule is Cc1noc(C)c1C(=O)N1CC[C@@H](O)[C@@]2(CCCNC2=O)C1. The first-order valence-electron chi connectivity index (χ1n) is 7.64. The number of hydrogen-bond donors (Lipinski definition) is 2. The lowest BCUT2D eigenvalue weighted by Crippen LogP contribution is -2.62. The Bertz CT molecular complexity index is 592. The molecule has 2 N–H and O–H groups in total. The van der Waals surface area contributed by atoms with Gasteiger partial charge in [0, 0.05) is 19.6 Å². The van der Waals surface area contributed by atoms with Gasteiger partial charge in [-0.1, -0.05) is 5.16 Å². The van der Waals surface area contributed by atoms with Crippen LogP contribution in [0.25, 0.3) is 0 Å². The third kappa shape index (κ3) is 2.20. The van der Waals surface area contributed by atoms with Gasteiger partial charge in [0.1, 0.15) is 11.3 Å². The van der Waals surface area contributed by atoms with Gasteiger partial charge in [-0.2, -0.15) is 0 Å². The molecule has 7 heteroatoms. The summed E-state index contributed by atoms with van der Waals surface area (Å²) < 4.78 is 5.06. The summed E-state index contributed by atoms with van der Waals surface area (Å²) >= 11 is 0. The Morgan fingerprint density at radius 3 is 2.91 bits per heavy atom. The molecular weight excluding hydrogens is 286 g/mol. The number of aromatic nitrogens is 1. The summed E-state index contributed by atoms with van der Waals surface area (Å²) in [5, 5.41) is 17.0. The first kappa shape index (κ1) is 15.0. The second-order valence-electron chi connectivity index (χ2n) is 6.25. The van der Waals surface area contributed by atoms with Gasteiger partial charge >= 0.3 is 0 Å². The molecule has 0 bridgehead atoms. The number of amides is 2. The Kier molecular flexibility index (Phi) is 3.68. The minimum atomic E-state index is -0.884. The zero-order valence-electron chi connectivity index (χ0n) is 12.9. The Morgan fingerprint density at radius 1 is 1.50 bits per heavy atom. The van der Waals surface area contributed by atoms with Gasteiger partial charge in [0.15, 0.2) is 0 Å². The van der Waals surface area contributed by atoms with Crippen LogP contribution in [-0.4, -0.2) is 52.7 Å². The van der Waals surface area contributed by atoms with E-state index in [1.165, 1.54) is 0 Å². The van der Waals surface area contributed by atoms with Gasteiger partial charge in [0.25, 0.3) is 5.91 Å². The monoisotopic (exact) mass is 307 g/mol. The molecule has 0 aromatic carbocycles. The number of aryl methyl sites for hydroxylation is 2. The molecule has 0 saturated carbocycles. The lowest BCUT2D eigenvalue weighted by Gasteiger charge is -2.46. The van der Waals surface area contributed by atoms with Crippen molar-refractivity contribution < 1.29 is 19.2 Å². The van der Waals surface area contributed by atoms with Crippen molar-refractivity contribution in [2.24, 2.45) is 5.41 Å². The summed E-state index contributed by atoms with van der Waals surface area (Å²) in [4.78, 5) is 26.7. The van der Waals surface area contributed by atoms with Gasteiger partial charge in [-0.15, -0.1) is 0 Å². The molecule has 2 fully saturated rings. The van der Waals surface area contributed by atoms with Crippen molar-refractivity contribution in [1.29, 1.82) is 0 Å². The van der Waals surface area contributed by atoms with Crippen molar-refractivity contribution in [3.63, 3.8) is 0 Å². The standard InChI is InChI=1S/C15H21N3O4/c1-9-12(10(2)22-17-9)13(20)18-7-4-11(19)15(8-18)5-3-6-16-14(15)21/h11,19H,3-8H2,1-2H3,(H,16,21)/t11-,15-/m1/s1. The highest BCUT2D eigenvalue weighted by atomic mass is 16.5. The molecule has 1 spiro atoms. The van der Waals surface area contributed by atoms with Crippen molar-refractivity contribution in [2.75, 3.05) is 19.6 Å². The molecule has 2 aliphatic heterocycles. The van der Waals surface area contributed by atoms with Crippen LogP contribution in [0.5, 0.6) is 0 Å². The van der Waals surface area contributed by atoms with Crippen LogP contribution >= 0.6 is 0 Å². The van der Waals surface area contributed by atoms with Gasteiger partial charge in [-0.25, -0.2) is 0 Å². The molecule has 0 unspecified atom stereocenters. The van der Waals surface area contributed by atoms with E-state index in [0.717, 1.165) is 6.42 Å². The Hall–Kier alpha value is -1.89. The average Bonchev–Trinajstić information content (AvgIpc) is 2.83. The Balaban J connectivity index is 1.87. The summed E-state index contributed by atoms with van der Waals surface area (Å²) in [6.07, 6.45) is 1.12. The molecule has 2 saturated heterocycles. The predicted molar refractivity (Wildman–Crippen MR) is 77.2 cm³/mol. The van der Waals surface area contributed by atoms with Crippen LogP contribution in [0.2, 0.25) is 0 Å². The molecule has 0 aliphatic carbocycles. The van der Waals surface area contributed by atoms with Crippen molar-refractivity contribution in [3.05, 3.63) is 17.0 Å². The van der Waals surface area contributed by atoms with Crippen molar-refractivity contribution >= 4 is 11.8 Å². The molecule has 1 aromatic rings. The van der Waals surface area contributed by atoms with E-state index in [1.54, 1.807) is 18.7 Å². The maximum Gasteiger partial charge on any atom is 0.259 e. The summed E-state index contributed by atoms with van der Waals surface area (Å²) in [7, 11) is 0. The van der Waals surface area contributed by atoms with E-state index in [9.17, 15) is 14.7 Å². The maximum absolute atomic E-state index is 12.8. The molecule has 1 aromatic heterocycles. The summed E-state index contributed by atoms with van der Waals surface area (Å²) in [6.45, 7) is 4.73. The van der Waals surface area contributed by atoms with Crippen molar-refractivity contribution in [1.82, 2.24) is 15.4 Å². The van der Waals surface area contributed by atoms with E-state index in [0.29, 0.717) is 42.9 Å². The quantitative estimate of drug-likeness (QED) is 0.783. The minimum Gasteiger partial charge on any atom is -0.392 e. The molecule has 2 aliphatic rings. The number of likely N-dealkylation sites (tertiary alicyclic amines) is 1. The van der Waals surface area contributed by atoms with Crippen LogP contribution in [0.4, 0.5) is 0 Å². The number of hydrogen-bond acceptors (Lipinski definition) is 5. The third-order valence-electron chi connectivity index (χ3n) is 4.86. The molecule has 2 atom stereocenters. The summed E-state index contributed by atoms with van der Waals surface area (Å²) in [6, 6.07) is 0. The minimum absolute atomic E-state index is 0.150. The highest BCUT2D eigenvalue weighted by Gasteiger charge is 2.50. The van der Waals surface area contributed by atoms with Gasteiger partial charge in [0.05, 0.1) is 17.2 Å². The van der Waals surface area contributed by atoms with E-state index in [2.05, 4.69) is 10.5 Å². The van der Waals surface area contributed by atoms with Crippen LogP contribution in [0.1, 0.15) is 41.1 Å². The average molecular weight is 307 g/mol. The van der Waals surface area contributed by atoms with Gasteiger partial charge in [-0.3, -0.25) is 9.59 Å². The third-order valence-corrected chi connectivity index (χ3v) is 4.86. The van der Waals surface area contributed by atoms with Crippen LogP contribution in [0, 0.1) is 19.3 Å². The Labute approximate surface area is 128 Å². The van der Waals surface area contributed by atoms with E-state index in [1.807, 2.05) is 0 Å². The summed E-state index contributed by atoms with van der Waals surface area (Å²) in [5.41, 5.74) is 0.129. The van der Waals surface area contributed by atoms with Gasteiger partial charge in [-0.05, 0) is 33.1 Å². The molecular formula is C15H21N3O4. The summed E-state index contributed by atoms with van der Waals surface area (Å²) in [5.74, 6) is 0.152. The largest absolute Gasteiger partial charge is 0.392 e. The maximum atomic E-state index is 12.8.